The molecule has 2 aromatic heterocycles. The molecule has 7 N–H and O–H groups in total. The van der Waals surface area contributed by atoms with E-state index in [-0.39, 0.29) is 39.4 Å². The minimum Gasteiger partial charge on any atom is -0.508 e. The molecule has 0 spiro atoms. The van der Waals surface area contributed by atoms with Gasteiger partial charge in [0.15, 0.2) is 0 Å². The van der Waals surface area contributed by atoms with E-state index in [9.17, 15) is 39.9 Å². The van der Waals surface area contributed by atoms with Crippen LogP contribution in [0.5, 0.6) is 29.0 Å². The number of phenols is 2. The molecule has 0 fully saturated rings. The van der Waals surface area contributed by atoms with Gasteiger partial charge in [-0.3, -0.25) is 19.6 Å². The number of phenolic OH excluding ortho intramolecular Hbond substituents is 2. The molecule has 0 aliphatic rings. The molecule has 0 amide bonds. The lowest BCUT2D eigenvalue weighted by Gasteiger charge is -2.09. The second-order valence-corrected chi connectivity index (χ2v) is 7.30. The van der Waals surface area contributed by atoms with Crippen LogP contribution in [0, 0.1) is 0 Å². The maximum Gasteiger partial charge on any atom is 0.335 e. The van der Waals surface area contributed by atoms with Crippen LogP contribution < -0.4 is 16.8 Å². The van der Waals surface area contributed by atoms with Crippen LogP contribution in [0.15, 0.2) is 68.6 Å². The zero-order chi connectivity index (χ0) is 25.3. The highest BCUT2D eigenvalue weighted by molar-refractivity contribution is 5.78. The number of aromatic nitrogens is 3. The number of rotatable bonds is 4. The van der Waals surface area contributed by atoms with Crippen molar-refractivity contribution in [1.29, 1.82) is 0 Å². The van der Waals surface area contributed by atoms with Crippen molar-refractivity contribution >= 4 is 12.2 Å². The zero-order valence-corrected chi connectivity index (χ0v) is 17.7. The van der Waals surface area contributed by atoms with Crippen molar-refractivity contribution in [3.05, 3.63) is 96.6 Å². The molecule has 2 aromatic carbocycles. The standard InChI is InChI=1S/C24H17N3O8/c28-14-6-1-4-12(10-14)18-19(30)16(20(31)25-22(18)33)8-3-9-17-21(32)26-24(35)27(23(17)34)13-5-2-7-15(29)11-13/h1-2,4-11,28-29,34H,(H,26,32,35)(H3,25,30,31,33). The van der Waals surface area contributed by atoms with Gasteiger partial charge in [0.2, 0.25) is 11.8 Å². The molecule has 0 atom stereocenters. The van der Waals surface area contributed by atoms with Crippen molar-refractivity contribution in [2.45, 2.75) is 0 Å². The van der Waals surface area contributed by atoms with Crippen LogP contribution >= 0.6 is 0 Å². The Morgan fingerprint density at radius 2 is 1.43 bits per heavy atom. The molecule has 2 heterocycles. The van der Waals surface area contributed by atoms with E-state index in [1.807, 2.05) is 4.98 Å². The van der Waals surface area contributed by atoms with Gasteiger partial charge in [-0.05, 0) is 42.0 Å². The third-order valence-electron chi connectivity index (χ3n) is 5.01. The zero-order valence-electron chi connectivity index (χ0n) is 17.7. The van der Waals surface area contributed by atoms with Gasteiger partial charge < -0.3 is 25.5 Å². The minimum atomic E-state index is -0.953. The summed E-state index contributed by atoms with van der Waals surface area (Å²) in [6.07, 6.45) is 2.03. The Labute approximate surface area is 195 Å². The Balaban J connectivity index is 1.85. The number of nitrogens with zero attached hydrogens (tertiary/aromatic N) is 1. The number of aromatic hydroxyl groups is 5. The van der Waals surface area contributed by atoms with Crippen LogP contribution in [0.3, 0.4) is 0 Å². The first-order valence-corrected chi connectivity index (χ1v) is 9.95. The van der Waals surface area contributed by atoms with E-state index in [0.29, 0.717) is 0 Å². The summed E-state index contributed by atoms with van der Waals surface area (Å²) in [7, 11) is 0. The van der Waals surface area contributed by atoms with Gasteiger partial charge in [0.1, 0.15) is 22.8 Å². The molecular weight excluding hydrogens is 458 g/mol. The fraction of sp³-hybridized carbons (Fsp3) is 0. The molecule has 0 radical (unpaired) electrons. The van der Waals surface area contributed by atoms with Gasteiger partial charge in [0.05, 0.1) is 16.8 Å². The molecule has 35 heavy (non-hydrogen) atoms. The Morgan fingerprint density at radius 3 is 2.11 bits per heavy atom. The third-order valence-corrected chi connectivity index (χ3v) is 5.01. The summed E-state index contributed by atoms with van der Waals surface area (Å²) < 4.78 is 0.754. The maximum absolute atomic E-state index is 12.3. The second kappa shape index (κ2) is 8.85. The van der Waals surface area contributed by atoms with E-state index in [1.54, 1.807) is 0 Å². The molecule has 0 aliphatic heterocycles. The Morgan fingerprint density at radius 1 is 0.771 bits per heavy atom. The Hall–Kier alpha value is -5.41. The summed E-state index contributed by atoms with van der Waals surface area (Å²) in [5, 5.41) is 50.6. The number of pyridine rings is 1. The van der Waals surface area contributed by atoms with Gasteiger partial charge in [0, 0.05) is 6.07 Å². The molecule has 0 saturated carbocycles. The Bertz CT molecular complexity index is 1710. The van der Waals surface area contributed by atoms with Crippen LogP contribution in [0.25, 0.3) is 29.0 Å². The van der Waals surface area contributed by atoms with E-state index >= 15 is 0 Å². The van der Waals surface area contributed by atoms with Crippen LogP contribution in [0.2, 0.25) is 0 Å². The van der Waals surface area contributed by atoms with E-state index in [2.05, 4.69) is 10.7 Å². The predicted molar refractivity (Wildman–Crippen MR) is 126 cm³/mol. The molecule has 0 bridgehead atoms. The second-order valence-electron chi connectivity index (χ2n) is 7.30. The highest BCUT2D eigenvalue weighted by Crippen LogP contribution is 2.34. The maximum atomic E-state index is 12.3. The summed E-state index contributed by atoms with van der Waals surface area (Å²) in [6.45, 7) is 0. The molecule has 0 aliphatic carbocycles. The van der Waals surface area contributed by atoms with Crippen molar-refractivity contribution in [1.82, 2.24) is 14.5 Å². The average molecular weight is 475 g/mol. The van der Waals surface area contributed by atoms with Gasteiger partial charge in [0.25, 0.3) is 11.1 Å². The lowest BCUT2D eigenvalue weighted by molar-refractivity contribution is 0.428. The average Bonchev–Trinajstić information content (AvgIpc) is 2.77. The largest absolute Gasteiger partial charge is 0.508 e. The van der Waals surface area contributed by atoms with E-state index in [4.69, 9.17) is 0 Å². The first kappa shape index (κ1) is 22.8. The summed E-state index contributed by atoms with van der Waals surface area (Å²) >= 11 is 0. The smallest absolute Gasteiger partial charge is 0.335 e. The van der Waals surface area contributed by atoms with Crippen molar-refractivity contribution in [3.8, 4) is 45.8 Å². The number of aromatic amines is 2. The Kier molecular flexibility index (Phi) is 5.76. The first-order valence-electron chi connectivity index (χ1n) is 9.95. The summed E-state index contributed by atoms with van der Waals surface area (Å²) in [6, 6.07) is 10.9. The molecule has 11 nitrogen and oxygen atoms in total. The van der Waals surface area contributed by atoms with Gasteiger partial charge >= 0.3 is 5.69 Å². The topological polar surface area (TPSA) is 189 Å². The molecule has 0 unspecified atom stereocenters. The van der Waals surface area contributed by atoms with Crippen molar-refractivity contribution in [2.24, 2.45) is 0 Å². The van der Waals surface area contributed by atoms with Crippen LogP contribution in [-0.2, 0) is 0 Å². The van der Waals surface area contributed by atoms with Crippen LogP contribution in [-0.4, -0.2) is 40.1 Å². The molecule has 176 valence electrons. The minimum absolute atomic E-state index is 0.0778. The van der Waals surface area contributed by atoms with Crippen LogP contribution in [0.4, 0.5) is 0 Å². The van der Waals surface area contributed by atoms with Crippen molar-refractivity contribution in [2.75, 3.05) is 0 Å². The normalized spacial score (nSPS) is 10.5. The molecule has 0 saturated heterocycles. The van der Waals surface area contributed by atoms with Gasteiger partial charge in [-0.15, -0.1) is 5.73 Å². The van der Waals surface area contributed by atoms with Crippen molar-refractivity contribution < 1.29 is 25.5 Å². The highest BCUT2D eigenvalue weighted by atomic mass is 16.3. The fourth-order valence-electron chi connectivity index (χ4n) is 3.41. The number of nitrogens with one attached hydrogen (secondary N) is 2. The van der Waals surface area contributed by atoms with Crippen molar-refractivity contribution in [3.63, 3.8) is 0 Å². The fourth-order valence-corrected chi connectivity index (χ4v) is 3.41. The third kappa shape index (κ3) is 4.30. The lowest BCUT2D eigenvalue weighted by atomic mass is 10.0. The monoisotopic (exact) mass is 475 g/mol. The quantitative estimate of drug-likeness (QED) is 0.217. The lowest BCUT2D eigenvalue weighted by Crippen LogP contribution is -2.30. The molecule has 4 rings (SSSR count). The van der Waals surface area contributed by atoms with Gasteiger partial charge in [-0.25, -0.2) is 9.36 Å². The number of hydrogen-bond donors (Lipinski definition) is 7. The summed E-state index contributed by atoms with van der Waals surface area (Å²) in [5.41, 5.74) is -0.837. The number of benzene rings is 2. The molecule has 11 heteroatoms. The number of H-pyrrole nitrogens is 2. The van der Waals surface area contributed by atoms with E-state index in [0.717, 1.165) is 16.7 Å². The van der Waals surface area contributed by atoms with Gasteiger partial charge in [-0.2, -0.15) is 0 Å². The van der Waals surface area contributed by atoms with E-state index in [1.165, 1.54) is 48.5 Å². The summed E-state index contributed by atoms with van der Waals surface area (Å²) in [5.74, 6) is -2.40. The summed E-state index contributed by atoms with van der Waals surface area (Å²) in [4.78, 5) is 41.0. The first-order chi connectivity index (χ1) is 16.7. The predicted octanol–water partition coefficient (Wildman–Crippen LogP) is 1.73. The van der Waals surface area contributed by atoms with Crippen LogP contribution in [0.1, 0.15) is 11.1 Å². The molecular formula is C24H17N3O8. The highest BCUT2D eigenvalue weighted by Gasteiger charge is 2.18. The van der Waals surface area contributed by atoms with Gasteiger partial charge in [-0.1, -0.05) is 18.2 Å². The number of hydrogen-bond acceptors (Lipinski definition) is 8. The molecule has 4 aromatic rings. The van der Waals surface area contributed by atoms with E-state index < -0.39 is 34.3 Å². The SMILES string of the molecule is O=c1[nH]c(=O)n(-c2cccc(O)c2)c(O)c1C=C=Cc1c(O)[nH]c(=O)c(-c2cccc(O)c2)c1O.